The summed E-state index contributed by atoms with van der Waals surface area (Å²) in [5.74, 6) is 0.00871. The largest absolute Gasteiger partial charge is 0.508 e. The molecule has 0 amide bonds. The van der Waals surface area contributed by atoms with E-state index in [9.17, 15) is 4.79 Å². The van der Waals surface area contributed by atoms with Gasteiger partial charge < -0.3 is 14.4 Å². The van der Waals surface area contributed by atoms with Crippen LogP contribution in [-0.4, -0.2) is 17.7 Å². The van der Waals surface area contributed by atoms with Crippen LogP contribution in [0.1, 0.15) is 6.42 Å². The minimum absolute atomic E-state index is 0.0672. The van der Waals surface area contributed by atoms with Crippen LogP contribution in [-0.2, 0) is 9.32 Å². The van der Waals surface area contributed by atoms with Gasteiger partial charge in [-0.3, -0.25) is 4.79 Å². The fourth-order valence-corrected chi connectivity index (χ4v) is 0.990. The van der Waals surface area contributed by atoms with Gasteiger partial charge in [-0.15, -0.1) is 0 Å². The number of carbonyl (C=O) groups is 1. The maximum absolute atomic E-state index is 11.1. The maximum Gasteiger partial charge on any atom is 0.313 e. The Morgan fingerprint density at radius 1 is 1.50 bits per heavy atom. The number of rotatable bonds is 4. The van der Waals surface area contributed by atoms with Crippen molar-refractivity contribution < 1.29 is 19.2 Å². The zero-order chi connectivity index (χ0) is 10.4. The molecule has 0 bridgehead atoms. The summed E-state index contributed by atoms with van der Waals surface area (Å²) < 4.78 is 9.55. The number of ether oxygens (including phenoxy) is 1. The van der Waals surface area contributed by atoms with E-state index in [4.69, 9.17) is 9.84 Å². The number of carbonyl (C=O) groups excluding carboxylic acids is 1. The number of phenols is 1. The first kappa shape index (κ1) is 11.0. The van der Waals surface area contributed by atoms with Crippen molar-refractivity contribution >= 4 is 15.4 Å². The summed E-state index contributed by atoms with van der Waals surface area (Å²) in [6, 6.07) is 6.08. The van der Waals surface area contributed by atoms with Crippen molar-refractivity contribution in [3.05, 3.63) is 24.3 Å². The number of aromatic hydroxyl groups is 1. The normalized spacial score (nSPS) is 9.79. The molecular weight excluding hydrogens is 203 g/mol. The first-order valence-electron chi connectivity index (χ1n) is 4.04. The molecule has 0 saturated carbocycles. The first-order chi connectivity index (χ1) is 6.72. The molecule has 0 spiro atoms. The van der Waals surface area contributed by atoms with E-state index < -0.39 is 5.97 Å². The highest BCUT2D eigenvalue weighted by molar-refractivity contribution is 7.09. The maximum atomic E-state index is 11.1. The lowest BCUT2D eigenvalue weighted by Gasteiger charge is -2.03. The molecule has 1 aromatic rings. The molecule has 0 fully saturated rings. The average Bonchev–Trinajstić information content (AvgIpc) is 2.15. The standard InChI is InChI=1S/C9H11O4P/c10-7-2-1-3-8(6-7)13-9(11)4-5-12-14/h1-3,6,10H,4-5,14H2. The molecule has 0 heterocycles. The van der Waals surface area contributed by atoms with Gasteiger partial charge in [-0.25, -0.2) is 0 Å². The summed E-state index contributed by atoms with van der Waals surface area (Å²) in [5.41, 5.74) is 0. The zero-order valence-corrected chi connectivity index (χ0v) is 8.63. The Labute approximate surface area is 84.1 Å². The fraction of sp³-hybridized carbons (Fsp3) is 0.222. The van der Waals surface area contributed by atoms with Gasteiger partial charge in [0.25, 0.3) is 0 Å². The summed E-state index contributed by atoms with van der Waals surface area (Å²) in [7, 11) is 2.05. The molecule has 1 rings (SSSR count). The lowest BCUT2D eigenvalue weighted by atomic mass is 10.3. The topological polar surface area (TPSA) is 55.8 Å². The predicted octanol–water partition coefficient (Wildman–Crippen LogP) is 1.49. The molecule has 76 valence electrons. The van der Waals surface area contributed by atoms with Gasteiger partial charge in [-0.05, 0) is 12.1 Å². The number of hydrogen-bond donors (Lipinski definition) is 1. The van der Waals surface area contributed by atoms with Crippen LogP contribution < -0.4 is 4.74 Å². The smallest absolute Gasteiger partial charge is 0.313 e. The van der Waals surface area contributed by atoms with Gasteiger partial charge in [0.15, 0.2) is 0 Å². The molecule has 1 unspecified atom stereocenters. The summed E-state index contributed by atoms with van der Waals surface area (Å²) in [6.45, 7) is 0.294. The second-order valence-corrected chi connectivity index (χ2v) is 2.93. The van der Waals surface area contributed by atoms with Crippen molar-refractivity contribution in [3.63, 3.8) is 0 Å². The Morgan fingerprint density at radius 3 is 2.93 bits per heavy atom. The van der Waals surface area contributed by atoms with Crippen molar-refractivity contribution in [2.45, 2.75) is 6.42 Å². The summed E-state index contributed by atoms with van der Waals surface area (Å²) in [6.07, 6.45) is 0.180. The third kappa shape index (κ3) is 3.73. The third-order valence-corrected chi connectivity index (χ3v) is 1.71. The van der Waals surface area contributed by atoms with Crippen molar-refractivity contribution in [1.29, 1.82) is 0 Å². The lowest BCUT2D eigenvalue weighted by Crippen LogP contribution is -2.09. The third-order valence-electron chi connectivity index (χ3n) is 1.47. The number of benzene rings is 1. The van der Waals surface area contributed by atoms with Gasteiger partial charge in [0.2, 0.25) is 0 Å². The Kier molecular flexibility index (Phi) is 4.36. The highest BCUT2D eigenvalue weighted by Gasteiger charge is 2.04. The molecule has 0 aromatic heterocycles. The van der Waals surface area contributed by atoms with E-state index in [1.54, 1.807) is 12.1 Å². The number of phenolic OH excluding ortho intramolecular Hbond substituents is 1. The molecule has 1 aromatic carbocycles. The van der Waals surface area contributed by atoms with Gasteiger partial charge in [0.1, 0.15) is 11.5 Å². The van der Waals surface area contributed by atoms with E-state index >= 15 is 0 Å². The van der Waals surface area contributed by atoms with Crippen LogP contribution in [0.25, 0.3) is 0 Å². The van der Waals surface area contributed by atoms with Crippen molar-refractivity contribution in [1.82, 2.24) is 0 Å². The van der Waals surface area contributed by atoms with E-state index in [1.807, 2.05) is 0 Å². The summed E-state index contributed by atoms with van der Waals surface area (Å²) in [4.78, 5) is 11.1. The highest BCUT2D eigenvalue weighted by atomic mass is 31.0. The molecular formula is C9H11O4P. The zero-order valence-electron chi connectivity index (χ0n) is 7.47. The number of esters is 1. The van der Waals surface area contributed by atoms with Crippen LogP contribution in [0.15, 0.2) is 24.3 Å². The molecule has 1 atom stereocenters. The van der Waals surface area contributed by atoms with Gasteiger partial charge in [0.05, 0.1) is 13.0 Å². The van der Waals surface area contributed by atoms with Crippen LogP contribution in [0.3, 0.4) is 0 Å². The SMILES string of the molecule is O=C(CCOP)Oc1cccc(O)c1. The Bertz CT molecular complexity index is 313. The van der Waals surface area contributed by atoms with Gasteiger partial charge in [-0.1, -0.05) is 6.07 Å². The Balaban J connectivity index is 2.47. The van der Waals surface area contributed by atoms with Crippen molar-refractivity contribution in [3.8, 4) is 11.5 Å². The Morgan fingerprint density at radius 2 is 2.29 bits per heavy atom. The second kappa shape index (κ2) is 5.58. The molecule has 0 aliphatic rings. The van der Waals surface area contributed by atoms with E-state index in [0.717, 1.165) is 0 Å². The van der Waals surface area contributed by atoms with E-state index in [2.05, 4.69) is 14.0 Å². The minimum Gasteiger partial charge on any atom is -0.508 e. The van der Waals surface area contributed by atoms with Gasteiger partial charge >= 0.3 is 5.97 Å². The molecule has 1 N–H and O–H groups in total. The van der Waals surface area contributed by atoms with Crippen LogP contribution in [0.2, 0.25) is 0 Å². The summed E-state index contributed by atoms with van der Waals surface area (Å²) >= 11 is 0. The summed E-state index contributed by atoms with van der Waals surface area (Å²) in [5, 5.41) is 9.08. The van der Waals surface area contributed by atoms with E-state index in [-0.39, 0.29) is 12.2 Å². The molecule has 0 saturated heterocycles. The minimum atomic E-state index is -0.391. The molecule has 0 radical (unpaired) electrons. The predicted molar refractivity (Wildman–Crippen MR) is 54.0 cm³/mol. The quantitative estimate of drug-likeness (QED) is 0.468. The van der Waals surface area contributed by atoms with E-state index in [0.29, 0.717) is 12.4 Å². The first-order valence-corrected chi connectivity index (χ1v) is 4.51. The molecule has 0 aliphatic heterocycles. The van der Waals surface area contributed by atoms with Crippen LogP contribution in [0, 0.1) is 0 Å². The van der Waals surface area contributed by atoms with Gasteiger partial charge in [-0.2, -0.15) is 0 Å². The number of hydrogen-bond acceptors (Lipinski definition) is 4. The van der Waals surface area contributed by atoms with Gasteiger partial charge in [0, 0.05) is 15.5 Å². The average molecular weight is 214 g/mol. The molecule has 0 aliphatic carbocycles. The van der Waals surface area contributed by atoms with Crippen molar-refractivity contribution in [2.75, 3.05) is 6.61 Å². The monoisotopic (exact) mass is 214 g/mol. The van der Waals surface area contributed by atoms with Crippen LogP contribution in [0.4, 0.5) is 0 Å². The Hall–Kier alpha value is -1.12. The molecule has 5 heteroatoms. The second-order valence-electron chi connectivity index (χ2n) is 2.59. The molecule has 14 heavy (non-hydrogen) atoms. The molecule has 4 nitrogen and oxygen atoms in total. The lowest BCUT2D eigenvalue weighted by molar-refractivity contribution is -0.134. The highest BCUT2D eigenvalue weighted by Crippen LogP contribution is 2.17. The van der Waals surface area contributed by atoms with Crippen molar-refractivity contribution in [2.24, 2.45) is 0 Å². The van der Waals surface area contributed by atoms with E-state index in [1.165, 1.54) is 12.1 Å². The van der Waals surface area contributed by atoms with Crippen LogP contribution >= 0.6 is 9.47 Å². The fourth-order valence-electron chi connectivity index (χ4n) is 0.872. The van der Waals surface area contributed by atoms with Crippen LogP contribution in [0.5, 0.6) is 11.5 Å².